The first-order valence-electron chi connectivity index (χ1n) is 7.36. The summed E-state index contributed by atoms with van der Waals surface area (Å²) in [5.41, 5.74) is 5.32. The monoisotopic (exact) mass is 321 g/mol. The van der Waals surface area contributed by atoms with Gasteiger partial charge < -0.3 is 0 Å². The summed E-state index contributed by atoms with van der Waals surface area (Å²) in [7, 11) is 0. The van der Waals surface area contributed by atoms with Crippen LogP contribution in [0.15, 0.2) is 36.4 Å². The van der Waals surface area contributed by atoms with E-state index in [4.69, 9.17) is 0 Å². The summed E-state index contributed by atoms with van der Waals surface area (Å²) in [6.45, 7) is 6.17. The van der Waals surface area contributed by atoms with E-state index in [0.29, 0.717) is 0 Å². The van der Waals surface area contributed by atoms with Gasteiger partial charge in [-0.25, -0.2) is 4.98 Å². The Kier molecular flexibility index (Phi) is 3.20. The Morgan fingerprint density at radius 3 is 2.48 bits per heavy atom. The quantitative estimate of drug-likeness (QED) is 0.562. The summed E-state index contributed by atoms with van der Waals surface area (Å²) in [5.74, 6) is 0.747. The van der Waals surface area contributed by atoms with E-state index < -0.39 is 0 Å². The second-order valence-electron chi connectivity index (χ2n) is 5.54. The predicted molar refractivity (Wildman–Crippen MR) is 92.0 cm³/mol. The number of rotatable bonds is 2. The van der Waals surface area contributed by atoms with E-state index in [9.17, 15) is 0 Å². The van der Waals surface area contributed by atoms with Gasteiger partial charge in [-0.3, -0.25) is 0 Å². The number of thiazole rings is 1. The highest BCUT2D eigenvalue weighted by Crippen LogP contribution is 2.33. The third-order valence-corrected chi connectivity index (χ3v) is 4.90. The maximum absolute atomic E-state index is 4.56. The second kappa shape index (κ2) is 5.24. The summed E-state index contributed by atoms with van der Waals surface area (Å²) in [4.78, 5) is 4.56. The van der Waals surface area contributed by atoms with Crippen LogP contribution in [0.25, 0.3) is 27.3 Å². The van der Waals surface area contributed by atoms with Crippen molar-refractivity contribution in [1.29, 1.82) is 0 Å². The fraction of sp³-hybridized carbons (Fsp3) is 0.176. The minimum Gasteiger partial charge on any atom is -0.241 e. The van der Waals surface area contributed by atoms with Crippen LogP contribution < -0.4 is 0 Å². The summed E-state index contributed by atoms with van der Waals surface area (Å²) in [6.07, 6.45) is 0. The van der Waals surface area contributed by atoms with Crippen molar-refractivity contribution in [3.63, 3.8) is 0 Å². The van der Waals surface area contributed by atoms with Gasteiger partial charge in [-0.05, 0) is 54.5 Å². The minimum atomic E-state index is 0.747. The molecule has 0 spiro atoms. The third-order valence-electron chi connectivity index (χ3n) is 3.88. The lowest BCUT2D eigenvalue weighted by Crippen LogP contribution is -2.04. The van der Waals surface area contributed by atoms with E-state index >= 15 is 0 Å². The average molecular weight is 321 g/mol. The molecule has 0 N–H and O–H groups in total. The van der Waals surface area contributed by atoms with Crippen molar-refractivity contribution in [2.45, 2.75) is 20.8 Å². The standard InChI is InChI=1S/C17H15N5S/c1-10-6-4-7-11(2)15(10)22-17(19-20-21-22)13-8-5-9-14-16(13)23-12(3)18-14/h4-9H,1-3H3. The molecule has 0 bridgehead atoms. The molecule has 4 aromatic rings. The van der Waals surface area contributed by atoms with Crippen LogP contribution in [0.5, 0.6) is 0 Å². The average Bonchev–Trinajstić information content (AvgIpc) is 3.12. The van der Waals surface area contributed by atoms with E-state index in [-0.39, 0.29) is 0 Å². The van der Waals surface area contributed by atoms with Crippen molar-refractivity contribution >= 4 is 21.6 Å². The van der Waals surface area contributed by atoms with Crippen LogP contribution in [0.4, 0.5) is 0 Å². The van der Waals surface area contributed by atoms with Crippen molar-refractivity contribution in [3.05, 3.63) is 52.5 Å². The lowest BCUT2D eigenvalue weighted by molar-refractivity contribution is 0.784. The Hall–Kier alpha value is -2.60. The van der Waals surface area contributed by atoms with E-state index in [1.54, 1.807) is 11.3 Å². The van der Waals surface area contributed by atoms with Gasteiger partial charge in [-0.2, -0.15) is 4.68 Å². The van der Waals surface area contributed by atoms with Crippen molar-refractivity contribution in [3.8, 4) is 17.1 Å². The van der Waals surface area contributed by atoms with Crippen LogP contribution in [0, 0.1) is 20.8 Å². The molecule has 0 aliphatic rings. The Morgan fingerprint density at radius 1 is 0.957 bits per heavy atom. The molecule has 0 aliphatic heterocycles. The first kappa shape index (κ1) is 14.0. The summed E-state index contributed by atoms with van der Waals surface area (Å²) < 4.78 is 2.95. The van der Waals surface area contributed by atoms with E-state index in [1.165, 1.54) is 0 Å². The summed E-state index contributed by atoms with van der Waals surface area (Å²) in [6, 6.07) is 12.3. The first-order chi connectivity index (χ1) is 11.1. The van der Waals surface area contributed by atoms with Gasteiger partial charge in [0, 0.05) is 5.56 Å². The molecule has 0 unspecified atom stereocenters. The molecule has 6 heteroatoms. The Labute approximate surface area is 137 Å². The van der Waals surface area contributed by atoms with Crippen LogP contribution in [-0.4, -0.2) is 25.2 Å². The highest BCUT2D eigenvalue weighted by atomic mass is 32.1. The molecule has 23 heavy (non-hydrogen) atoms. The maximum atomic E-state index is 4.56. The van der Waals surface area contributed by atoms with E-state index in [2.05, 4.69) is 52.6 Å². The van der Waals surface area contributed by atoms with Gasteiger partial charge in [0.1, 0.15) is 0 Å². The Balaban J connectivity index is 2.00. The number of aromatic nitrogens is 5. The normalized spacial score (nSPS) is 11.3. The van der Waals surface area contributed by atoms with Crippen molar-refractivity contribution < 1.29 is 0 Å². The number of nitrogens with zero attached hydrogens (tertiary/aromatic N) is 5. The zero-order valence-electron chi connectivity index (χ0n) is 13.1. The fourth-order valence-electron chi connectivity index (χ4n) is 2.88. The molecule has 114 valence electrons. The van der Waals surface area contributed by atoms with Crippen LogP contribution in [0.2, 0.25) is 0 Å². The van der Waals surface area contributed by atoms with Gasteiger partial charge in [-0.15, -0.1) is 16.4 Å². The lowest BCUT2D eigenvalue weighted by Gasteiger charge is -2.11. The molecule has 2 aromatic carbocycles. The molecule has 0 fully saturated rings. The Bertz CT molecular complexity index is 995. The van der Waals surface area contributed by atoms with Gasteiger partial charge in [0.2, 0.25) is 0 Å². The van der Waals surface area contributed by atoms with Crippen molar-refractivity contribution in [2.24, 2.45) is 0 Å². The van der Waals surface area contributed by atoms with Crippen LogP contribution >= 0.6 is 11.3 Å². The molecule has 0 atom stereocenters. The number of fused-ring (bicyclic) bond motifs is 1. The molecule has 0 aliphatic carbocycles. The van der Waals surface area contributed by atoms with Gasteiger partial charge in [0.15, 0.2) is 5.82 Å². The number of aryl methyl sites for hydroxylation is 3. The molecular weight excluding hydrogens is 306 g/mol. The topological polar surface area (TPSA) is 56.5 Å². The number of tetrazole rings is 1. The molecule has 0 saturated heterocycles. The Morgan fingerprint density at radius 2 is 1.70 bits per heavy atom. The fourth-order valence-corrected chi connectivity index (χ4v) is 3.81. The number of benzene rings is 2. The number of hydrogen-bond acceptors (Lipinski definition) is 5. The molecule has 0 amide bonds. The minimum absolute atomic E-state index is 0.747. The summed E-state index contributed by atoms with van der Waals surface area (Å²) >= 11 is 1.67. The predicted octanol–water partition coefficient (Wildman–Crippen LogP) is 3.86. The van der Waals surface area contributed by atoms with Crippen LogP contribution in [0.3, 0.4) is 0 Å². The molecule has 2 aromatic heterocycles. The highest BCUT2D eigenvalue weighted by molar-refractivity contribution is 7.19. The van der Waals surface area contributed by atoms with Gasteiger partial charge >= 0.3 is 0 Å². The highest BCUT2D eigenvalue weighted by Gasteiger charge is 2.17. The van der Waals surface area contributed by atoms with Gasteiger partial charge in [-0.1, -0.05) is 24.3 Å². The molecule has 5 nitrogen and oxygen atoms in total. The smallest absolute Gasteiger partial charge is 0.188 e. The molecule has 4 rings (SSSR count). The molecular formula is C17H15N5S. The maximum Gasteiger partial charge on any atom is 0.188 e. The third kappa shape index (κ3) is 2.22. The number of hydrogen-bond donors (Lipinski definition) is 0. The first-order valence-corrected chi connectivity index (χ1v) is 8.18. The summed E-state index contributed by atoms with van der Waals surface area (Å²) in [5, 5.41) is 13.5. The van der Waals surface area contributed by atoms with Crippen molar-refractivity contribution in [2.75, 3.05) is 0 Å². The van der Waals surface area contributed by atoms with Crippen LogP contribution in [0.1, 0.15) is 16.1 Å². The van der Waals surface area contributed by atoms with Gasteiger partial charge in [0.25, 0.3) is 0 Å². The van der Waals surface area contributed by atoms with Gasteiger partial charge in [0.05, 0.1) is 20.9 Å². The largest absolute Gasteiger partial charge is 0.241 e. The van der Waals surface area contributed by atoms with E-state index in [1.807, 2.05) is 29.8 Å². The SMILES string of the molecule is Cc1nc2cccc(-c3nnnn3-c3c(C)cccc3C)c2s1. The molecule has 0 radical (unpaired) electrons. The van der Waals surface area contributed by atoms with Crippen LogP contribution in [-0.2, 0) is 0 Å². The second-order valence-corrected chi connectivity index (χ2v) is 6.74. The zero-order chi connectivity index (χ0) is 16.0. The zero-order valence-corrected chi connectivity index (χ0v) is 13.9. The lowest BCUT2D eigenvalue weighted by atomic mass is 10.1. The van der Waals surface area contributed by atoms with Crippen molar-refractivity contribution in [1.82, 2.24) is 25.2 Å². The molecule has 0 saturated carbocycles. The number of para-hydroxylation sites is 1. The van der Waals surface area contributed by atoms with E-state index in [0.717, 1.165) is 43.4 Å². The molecule has 2 heterocycles.